The second kappa shape index (κ2) is 5.16. The third-order valence-corrected chi connectivity index (χ3v) is 3.39. The Labute approximate surface area is 114 Å². The Bertz CT molecular complexity index is 637. The molecule has 0 spiro atoms. The Balaban J connectivity index is 1.81. The fraction of sp³-hybridized carbons (Fsp3) is 0.154. The summed E-state index contributed by atoms with van der Waals surface area (Å²) < 4.78 is 11.0. The van der Waals surface area contributed by atoms with Crippen molar-refractivity contribution in [2.45, 2.75) is 9.92 Å². The van der Waals surface area contributed by atoms with Crippen LogP contribution >= 0.6 is 11.8 Å². The minimum atomic E-state index is 0.312. The number of rotatable bonds is 2. The summed E-state index contributed by atoms with van der Waals surface area (Å²) in [4.78, 5) is 9.13. The number of benzene rings is 1. The molecule has 1 aromatic carbocycles. The molecule has 0 saturated heterocycles. The maximum atomic E-state index is 8.66. The van der Waals surface area contributed by atoms with Crippen molar-refractivity contribution in [1.82, 2.24) is 9.97 Å². The number of fused-ring (bicyclic) bond motifs is 1. The number of aromatic nitrogens is 2. The van der Waals surface area contributed by atoms with E-state index in [0.29, 0.717) is 18.9 Å². The van der Waals surface area contributed by atoms with Gasteiger partial charge in [-0.3, -0.25) is 0 Å². The van der Waals surface area contributed by atoms with Gasteiger partial charge in [0.25, 0.3) is 0 Å². The first-order valence-electron chi connectivity index (χ1n) is 5.65. The molecule has 19 heavy (non-hydrogen) atoms. The average Bonchev–Trinajstić information content (AvgIpc) is 2.48. The summed E-state index contributed by atoms with van der Waals surface area (Å²) in [6.07, 6.45) is 3.04. The highest BCUT2D eigenvalue weighted by molar-refractivity contribution is 7.99. The highest BCUT2D eigenvalue weighted by Crippen LogP contribution is 2.35. The minimum Gasteiger partial charge on any atom is -0.486 e. The lowest BCUT2D eigenvalue weighted by Gasteiger charge is -2.18. The minimum absolute atomic E-state index is 0.312. The van der Waals surface area contributed by atoms with E-state index in [-0.39, 0.29) is 0 Å². The SMILES string of the molecule is N#Cc1cnc(Sc2ccc3c(c2)OCCO3)cn1. The molecule has 0 bridgehead atoms. The first-order valence-corrected chi connectivity index (χ1v) is 6.46. The lowest BCUT2D eigenvalue weighted by molar-refractivity contribution is 0.171. The van der Waals surface area contributed by atoms with Crippen LogP contribution in [-0.2, 0) is 0 Å². The van der Waals surface area contributed by atoms with E-state index in [9.17, 15) is 0 Å². The second-order valence-electron chi connectivity index (χ2n) is 3.76. The van der Waals surface area contributed by atoms with Crippen LogP contribution in [0, 0.1) is 11.3 Å². The van der Waals surface area contributed by atoms with Crippen LogP contribution in [0.25, 0.3) is 0 Å². The van der Waals surface area contributed by atoms with Gasteiger partial charge in [-0.1, -0.05) is 11.8 Å². The van der Waals surface area contributed by atoms with E-state index in [1.165, 1.54) is 18.0 Å². The molecule has 0 unspecified atom stereocenters. The van der Waals surface area contributed by atoms with E-state index in [1.807, 2.05) is 24.3 Å². The summed E-state index contributed by atoms with van der Waals surface area (Å²) in [6, 6.07) is 7.68. The third-order valence-electron chi connectivity index (χ3n) is 2.48. The molecule has 0 radical (unpaired) electrons. The van der Waals surface area contributed by atoms with Gasteiger partial charge in [0.1, 0.15) is 24.3 Å². The highest BCUT2D eigenvalue weighted by atomic mass is 32.2. The number of hydrogen-bond donors (Lipinski definition) is 0. The van der Waals surface area contributed by atoms with E-state index in [4.69, 9.17) is 14.7 Å². The highest BCUT2D eigenvalue weighted by Gasteiger charge is 2.12. The molecule has 0 amide bonds. The molecule has 0 aliphatic carbocycles. The van der Waals surface area contributed by atoms with E-state index in [1.54, 1.807) is 6.20 Å². The Morgan fingerprint density at radius 3 is 2.68 bits per heavy atom. The zero-order chi connectivity index (χ0) is 13.1. The standard InChI is InChI=1S/C13H9N3O2S/c14-6-9-7-16-13(8-15-9)19-10-1-2-11-12(5-10)18-4-3-17-11/h1-2,5,7-8H,3-4H2. The lowest BCUT2D eigenvalue weighted by atomic mass is 10.3. The molecular weight excluding hydrogens is 262 g/mol. The molecule has 1 aliphatic rings. The van der Waals surface area contributed by atoms with Crippen LogP contribution < -0.4 is 9.47 Å². The van der Waals surface area contributed by atoms with Crippen LogP contribution in [0.3, 0.4) is 0 Å². The van der Waals surface area contributed by atoms with Gasteiger partial charge in [0, 0.05) is 4.90 Å². The average molecular weight is 271 g/mol. The zero-order valence-electron chi connectivity index (χ0n) is 9.87. The van der Waals surface area contributed by atoms with Gasteiger partial charge in [0.05, 0.1) is 12.4 Å². The van der Waals surface area contributed by atoms with Crippen molar-refractivity contribution in [1.29, 1.82) is 5.26 Å². The summed E-state index contributed by atoms with van der Waals surface area (Å²) in [7, 11) is 0. The van der Waals surface area contributed by atoms with Crippen LogP contribution in [0.1, 0.15) is 5.69 Å². The largest absolute Gasteiger partial charge is 0.486 e. The molecular formula is C13H9N3O2S. The van der Waals surface area contributed by atoms with Crippen LogP contribution in [0.5, 0.6) is 11.5 Å². The predicted octanol–water partition coefficient (Wildman–Crippen LogP) is 2.27. The molecule has 2 heterocycles. The molecule has 0 atom stereocenters. The Morgan fingerprint density at radius 1 is 1.11 bits per heavy atom. The molecule has 0 N–H and O–H groups in total. The van der Waals surface area contributed by atoms with Crippen molar-refractivity contribution in [3.63, 3.8) is 0 Å². The molecule has 1 aliphatic heterocycles. The van der Waals surface area contributed by atoms with Gasteiger partial charge < -0.3 is 9.47 Å². The van der Waals surface area contributed by atoms with Crippen LogP contribution in [0.4, 0.5) is 0 Å². The van der Waals surface area contributed by atoms with Crippen molar-refractivity contribution < 1.29 is 9.47 Å². The van der Waals surface area contributed by atoms with Crippen LogP contribution in [0.2, 0.25) is 0 Å². The lowest BCUT2D eigenvalue weighted by Crippen LogP contribution is -2.15. The number of hydrogen-bond acceptors (Lipinski definition) is 6. The zero-order valence-corrected chi connectivity index (χ0v) is 10.7. The molecule has 2 aromatic rings. The van der Waals surface area contributed by atoms with Crippen molar-refractivity contribution >= 4 is 11.8 Å². The molecule has 3 rings (SSSR count). The second-order valence-corrected chi connectivity index (χ2v) is 4.85. The smallest absolute Gasteiger partial charge is 0.162 e. The fourth-order valence-corrected chi connectivity index (χ4v) is 2.39. The van der Waals surface area contributed by atoms with E-state index in [2.05, 4.69) is 9.97 Å². The van der Waals surface area contributed by atoms with Gasteiger partial charge in [-0.05, 0) is 18.2 Å². The topological polar surface area (TPSA) is 68.0 Å². The van der Waals surface area contributed by atoms with Gasteiger partial charge in [-0.2, -0.15) is 5.26 Å². The third kappa shape index (κ3) is 2.61. The first-order chi connectivity index (χ1) is 9.35. The van der Waals surface area contributed by atoms with E-state index >= 15 is 0 Å². The first kappa shape index (κ1) is 11.8. The van der Waals surface area contributed by atoms with Crippen LogP contribution in [0.15, 0.2) is 40.5 Å². The van der Waals surface area contributed by atoms with E-state index < -0.39 is 0 Å². The van der Waals surface area contributed by atoms with Gasteiger partial charge in [-0.15, -0.1) is 0 Å². The quantitative estimate of drug-likeness (QED) is 0.834. The predicted molar refractivity (Wildman–Crippen MR) is 68.3 cm³/mol. The summed E-state index contributed by atoms with van der Waals surface area (Å²) >= 11 is 1.46. The van der Waals surface area contributed by atoms with E-state index in [0.717, 1.165) is 21.4 Å². The van der Waals surface area contributed by atoms with Gasteiger partial charge in [0.15, 0.2) is 17.2 Å². The molecule has 1 aromatic heterocycles. The Morgan fingerprint density at radius 2 is 1.95 bits per heavy atom. The summed E-state index contributed by atoms with van der Waals surface area (Å²) in [6.45, 7) is 1.15. The Hall–Kier alpha value is -2.26. The molecule has 5 nitrogen and oxygen atoms in total. The number of ether oxygens (including phenoxy) is 2. The Kier molecular flexibility index (Phi) is 3.21. The maximum Gasteiger partial charge on any atom is 0.162 e. The maximum absolute atomic E-state index is 8.66. The van der Waals surface area contributed by atoms with Crippen molar-refractivity contribution in [2.24, 2.45) is 0 Å². The number of nitrogens with zero attached hydrogens (tertiary/aromatic N) is 3. The van der Waals surface area contributed by atoms with Gasteiger partial charge >= 0.3 is 0 Å². The monoisotopic (exact) mass is 271 g/mol. The summed E-state index contributed by atoms with van der Waals surface area (Å²) in [5.41, 5.74) is 0.312. The number of nitriles is 1. The van der Waals surface area contributed by atoms with Gasteiger partial charge in [0.2, 0.25) is 0 Å². The van der Waals surface area contributed by atoms with Crippen molar-refractivity contribution in [3.05, 3.63) is 36.3 Å². The summed E-state index contributed by atoms with van der Waals surface area (Å²) in [5, 5.41) is 9.39. The fourth-order valence-electron chi connectivity index (χ4n) is 1.63. The van der Waals surface area contributed by atoms with Crippen molar-refractivity contribution in [2.75, 3.05) is 13.2 Å². The summed E-state index contributed by atoms with van der Waals surface area (Å²) in [5.74, 6) is 1.51. The molecule has 94 valence electrons. The van der Waals surface area contributed by atoms with Crippen molar-refractivity contribution in [3.8, 4) is 17.6 Å². The van der Waals surface area contributed by atoms with Crippen LogP contribution in [-0.4, -0.2) is 23.2 Å². The molecule has 6 heteroatoms. The van der Waals surface area contributed by atoms with Gasteiger partial charge in [-0.25, -0.2) is 9.97 Å². The normalized spacial score (nSPS) is 12.8. The molecule has 0 fully saturated rings. The molecule has 0 saturated carbocycles.